The molecule has 0 fully saturated rings. The molecule has 3 N–H and O–H groups in total. The van der Waals surface area contributed by atoms with Crippen LogP contribution in [0.15, 0.2) is 42.5 Å². The zero-order chi connectivity index (χ0) is 13.2. The van der Waals surface area contributed by atoms with E-state index < -0.39 is 0 Å². The smallest absolute Gasteiger partial charge is 0.123 e. The molecule has 1 atom stereocenters. The van der Waals surface area contributed by atoms with Gasteiger partial charge in [-0.1, -0.05) is 18.2 Å². The molecule has 0 aromatic heterocycles. The van der Waals surface area contributed by atoms with E-state index in [0.29, 0.717) is 6.04 Å². The third-order valence-electron chi connectivity index (χ3n) is 3.71. The van der Waals surface area contributed by atoms with Gasteiger partial charge in [0, 0.05) is 18.3 Å². The minimum Gasteiger partial charge on any atom is -0.399 e. The van der Waals surface area contributed by atoms with Crippen molar-refractivity contribution >= 4 is 5.69 Å². The van der Waals surface area contributed by atoms with Gasteiger partial charge >= 0.3 is 0 Å². The molecule has 0 bridgehead atoms. The Morgan fingerprint density at radius 1 is 1.16 bits per heavy atom. The number of fused-ring (bicyclic) bond motifs is 1. The average molecular weight is 256 g/mol. The van der Waals surface area contributed by atoms with Gasteiger partial charge in [-0.25, -0.2) is 4.39 Å². The zero-order valence-electron chi connectivity index (χ0n) is 10.7. The topological polar surface area (TPSA) is 38.0 Å². The lowest BCUT2D eigenvalue weighted by atomic mass is 10.1. The lowest BCUT2D eigenvalue weighted by Crippen LogP contribution is -2.18. The fourth-order valence-corrected chi connectivity index (χ4v) is 2.69. The van der Waals surface area contributed by atoms with E-state index in [1.165, 1.54) is 23.3 Å². The van der Waals surface area contributed by atoms with Gasteiger partial charge in [-0.3, -0.25) is 0 Å². The summed E-state index contributed by atoms with van der Waals surface area (Å²) in [6.45, 7) is 0.759. The lowest BCUT2D eigenvalue weighted by Gasteiger charge is -2.14. The van der Waals surface area contributed by atoms with Gasteiger partial charge in [0.25, 0.3) is 0 Å². The Hall–Kier alpha value is -1.87. The third-order valence-corrected chi connectivity index (χ3v) is 3.71. The second kappa shape index (κ2) is 5.02. The van der Waals surface area contributed by atoms with E-state index in [4.69, 9.17) is 5.73 Å². The van der Waals surface area contributed by atoms with Crippen molar-refractivity contribution in [1.29, 1.82) is 0 Å². The second-order valence-electron chi connectivity index (χ2n) is 5.06. The number of nitrogen functional groups attached to an aromatic ring is 1. The van der Waals surface area contributed by atoms with Crippen LogP contribution in [-0.2, 0) is 13.0 Å². The fourth-order valence-electron chi connectivity index (χ4n) is 2.69. The number of rotatable bonds is 3. The molecule has 0 radical (unpaired) electrons. The van der Waals surface area contributed by atoms with Crippen LogP contribution in [0.1, 0.15) is 29.2 Å². The fraction of sp³-hybridized carbons (Fsp3) is 0.250. The standard InChI is InChI=1S/C16H17FN2/c17-13-4-1-11(2-5-13)10-19-16-8-3-12-9-14(18)6-7-15(12)16/h1-2,4-7,9,16,19H,3,8,10,18H2. The summed E-state index contributed by atoms with van der Waals surface area (Å²) in [5, 5.41) is 3.53. The quantitative estimate of drug-likeness (QED) is 0.828. The van der Waals surface area contributed by atoms with Gasteiger partial charge in [-0.2, -0.15) is 0 Å². The highest BCUT2D eigenvalue weighted by Crippen LogP contribution is 2.32. The summed E-state index contributed by atoms with van der Waals surface area (Å²) in [5.74, 6) is -0.189. The number of benzene rings is 2. The van der Waals surface area contributed by atoms with Crippen LogP contribution in [0, 0.1) is 5.82 Å². The summed E-state index contributed by atoms with van der Waals surface area (Å²) in [6, 6.07) is 13.1. The molecule has 3 heteroatoms. The molecular formula is C16H17FN2. The van der Waals surface area contributed by atoms with Gasteiger partial charge in [0.1, 0.15) is 5.82 Å². The molecule has 3 rings (SSSR count). The predicted molar refractivity (Wildman–Crippen MR) is 75.2 cm³/mol. The molecule has 1 aliphatic carbocycles. The number of hydrogen-bond donors (Lipinski definition) is 2. The van der Waals surface area contributed by atoms with Crippen molar-refractivity contribution < 1.29 is 4.39 Å². The maximum absolute atomic E-state index is 12.8. The normalized spacial score (nSPS) is 17.4. The van der Waals surface area contributed by atoms with E-state index in [2.05, 4.69) is 17.4 Å². The monoisotopic (exact) mass is 256 g/mol. The Kier molecular flexibility index (Phi) is 3.22. The maximum Gasteiger partial charge on any atom is 0.123 e. The lowest BCUT2D eigenvalue weighted by molar-refractivity contribution is 0.529. The molecule has 0 amide bonds. The van der Waals surface area contributed by atoms with Crippen LogP contribution < -0.4 is 11.1 Å². The van der Waals surface area contributed by atoms with Crippen molar-refractivity contribution in [2.75, 3.05) is 5.73 Å². The first-order valence-corrected chi connectivity index (χ1v) is 6.58. The molecule has 0 aliphatic heterocycles. The first-order valence-electron chi connectivity index (χ1n) is 6.58. The highest BCUT2D eigenvalue weighted by molar-refractivity contribution is 5.47. The minimum atomic E-state index is -0.189. The molecule has 98 valence electrons. The molecular weight excluding hydrogens is 239 g/mol. The molecule has 2 nitrogen and oxygen atoms in total. The van der Waals surface area contributed by atoms with Crippen molar-refractivity contribution in [3.63, 3.8) is 0 Å². The average Bonchev–Trinajstić information content (AvgIpc) is 2.80. The highest BCUT2D eigenvalue weighted by atomic mass is 19.1. The Labute approximate surface area is 112 Å². The Bertz CT molecular complexity index is 578. The second-order valence-corrected chi connectivity index (χ2v) is 5.06. The third kappa shape index (κ3) is 2.61. The number of halogens is 1. The number of nitrogens with one attached hydrogen (secondary N) is 1. The SMILES string of the molecule is Nc1ccc2c(c1)CCC2NCc1ccc(F)cc1. The first-order chi connectivity index (χ1) is 9.22. The molecule has 2 aromatic carbocycles. The van der Waals surface area contributed by atoms with E-state index >= 15 is 0 Å². The summed E-state index contributed by atoms with van der Waals surface area (Å²) in [4.78, 5) is 0. The molecule has 0 saturated carbocycles. The van der Waals surface area contributed by atoms with Crippen LogP contribution >= 0.6 is 0 Å². The molecule has 0 heterocycles. The molecule has 1 aliphatic rings. The number of hydrogen-bond acceptors (Lipinski definition) is 2. The Balaban J connectivity index is 1.68. The largest absolute Gasteiger partial charge is 0.399 e. The summed E-state index contributed by atoms with van der Waals surface area (Å²) < 4.78 is 12.8. The molecule has 0 spiro atoms. The van der Waals surface area contributed by atoms with Gasteiger partial charge in [-0.15, -0.1) is 0 Å². The van der Waals surface area contributed by atoms with Gasteiger partial charge in [0.05, 0.1) is 0 Å². The predicted octanol–water partition coefficient (Wildman–Crippen LogP) is 3.19. The van der Waals surface area contributed by atoms with Crippen molar-refractivity contribution in [3.8, 4) is 0 Å². The maximum atomic E-state index is 12.8. The summed E-state index contributed by atoms with van der Waals surface area (Å²) >= 11 is 0. The van der Waals surface area contributed by atoms with Crippen LogP contribution in [0.3, 0.4) is 0 Å². The van der Waals surface area contributed by atoms with Gasteiger partial charge in [0.2, 0.25) is 0 Å². The van der Waals surface area contributed by atoms with Crippen molar-refractivity contribution in [2.24, 2.45) is 0 Å². The van der Waals surface area contributed by atoms with Gasteiger partial charge in [-0.05, 0) is 53.8 Å². The Morgan fingerprint density at radius 2 is 1.95 bits per heavy atom. The van der Waals surface area contributed by atoms with E-state index in [1.54, 1.807) is 0 Å². The van der Waals surface area contributed by atoms with Crippen molar-refractivity contribution in [3.05, 3.63) is 65.0 Å². The number of aryl methyl sites for hydroxylation is 1. The van der Waals surface area contributed by atoms with Crippen molar-refractivity contribution in [2.45, 2.75) is 25.4 Å². The van der Waals surface area contributed by atoms with E-state index in [9.17, 15) is 4.39 Å². The van der Waals surface area contributed by atoms with E-state index in [0.717, 1.165) is 30.6 Å². The summed E-state index contributed by atoms with van der Waals surface area (Å²) in [6.07, 6.45) is 2.17. The number of anilines is 1. The van der Waals surface area contributed by atoms with Crippen molar-refractivity contribution in [1.82, 2.24) is 5.32 Å². The van der Waals surface area contributed by atoms with Gasteiger partial charge in [0.15, 0.2) is 0 Å². The number of nitrogens with two attached hydrogens (primary N) is 1. The van der Waals surface area contributed by atoms with E-state index in [1.807, 2.05) is 18.2 Å². The zero-order valence-corrected chi connectivity index (χ0v) is 10.7. The molecule has 2 aromatic rings. The highest BCUT2D eigenvalue weighted by Gasteiger charge is 2.21. The summed E-state index contributed by atoms with van der Waals surface area (Å²) in [7, 11) is 0. The van der Waals surface area contributed by atoms with Crippen LogP contribution in [-0.4, -0.2) is 0 Å². The van der Waals surface area contributed by atoms with Crippen LogP contribution in [0.4, 0.5) is 10.1 Å². The molecule has 1 unspecified atom stereocenters. The van der Waals surface area contributed by atoms with Crippen LogP contribution in [0.25, 0.3) is 0 Å². The molecule has 0 saturated heterocycles. The first kappa shape index (κ1) is 12.2. The van der Waals surface area contributed by atoms with E-state index in [-0.39, 0.29) is 5.82 Å². The Morgan fingerprint density at radius 3 is 2.74 bits per heavy atom. The van der Waals surface area contributed by atoms with Crippen LogP contribution in [0.5, 0.6) is 0 Å². The molecule has 19 heavy (non-hydrogen) atoms. The van der Waals surface area contributed by atoms with Gasteiger partial charge < -0.3 is 11.1 Å². The minimum absolute atomic E-state index is 0.189. The van der Waals surface area contributed by atoms with Crippen LogP contribution in [0.2, 0.25) is 0 Å². The summed E-state index contributed by atoms with van der Waals surface area (Å²) in [5.41, 5.74) is 10.4.